The smallest absolute Gasteiger partial charge is 0.318 e. The number of nitrogens with zero attached hydrogens (tertiary/aromatic N) is 2. The van der Waals surface area contributed by atoms with Gasteiger partial charge in [0.1, 0.15) is 17.1 Å². The summed E-state index contributed by atoms with van der Waals surface area (Å²) in [4.78, 5) is 17.5. The Morgan fingerprint density at radius 2 is 1.91 bits per heavy atom. The molecule has 6 nitrogen and oxygen atoms in total. The molecule has 1 fully saturated rings. The van der Waals surface area contributed by atoms with Crippen molar-refractivity contribution in [3.8, 4) is 5.75 Å². The largest absolute Gasteiger partial charge is 0.493 e. The molecule has 0 radical (unpaired) electrons. The Morgan fingerprint density at radius 3 is 2.62 bits per heavy atom. The molecule has 2 amide bonds. The molecule has 2 heterocycles. The molecule has 0 aliphatic carbocycles. The van der Waals surface area contributed by atoms with Crippen LogP contribution in [0.4, 0.5) is 9.18 Å². The highest BCUT2D eigenvalue weighted by Gasteiger charge is 2.28. The number of amides is 2. The van der Waals surface area contributed by atoms with Crippen LogP contribution in [0, 0.1) is 11.7 Å². The number of hydrogen-bond acceptors (Lipinski definition) is 4. The van der Waals surface area contributed by atoms with E-state index >= 15 is 0 Å². The number of rotatable bonds is 8. The van der Waals surface area contributed by atoms with Crippen molar-refractivity contribution in [1.29, 1.82) is 0 Å². The fourth-order valence-electron chi connectivity index (χ4n) is 4.31. The number of carbonyl (C=O) groups excluding carboxylic acids is 1. The molecule has 4 rings (SSSR count). The number of fused-ring (bicyclic) bond motifs is 1. The highest BCUT2D eigenvalue weighted by molar-refractivity contribution is 5.82. The van der Waals surface area contributed by atoms with E-state index < -0.39 is 0 Å². The molecule has 1 aromatic heterocycles. The van der Waals surface area contributed by atoms with Gasteiger partial charge in [0.05, 0.1) is 24.8 Å². The highest BCUT2D eigenvalue weighted by Crippen LogP contribution is 2.26. The van der Waals surface area contributed by atoms with E-state index in [0.717, 1.165) is 42.8 Å². The summed E-state index contributed by atoms with van der Waals surface area (Å²) in [5.74, 6) is 0.979. The zero-order valence-corrected chi connectivity index (χ0v) is 20.2. The molecule has 2 aromatic carbocycles. The molecule has 7 heteroatoms. The quantitative estimate of drug-likeness (QED) is 0.481. The summed E-state index contributed by atoms with van der Waals surface area (Å²) in [5, 5.41) is 3.52. The molecular formula is C27H34FN3O3. The number of likely N-dealkylation sites (tertiary alicyclic amines) is 1. The van der Waals surface area contributed by atoms with Crippen LogP contribution in [0.25, 0.3) is 11.0 Å². The monoisotopic (exact) mass is 467 g/mol. The van der Waals surface area contributed by atoms with Gasteiger partial charge >= 0.3 is 6.03 Å². The zero-order valence-electron chi connectivity index (χ0n) is 20.2. The van der Waals surface area contributed by atoms with Gasteiger partial charge in [0, 0.05) is 18.2 Å². The number of benzene rings is 2. The summed E-state index contributed by atoms with van der Waals surface area (Å²) < 4.78 is 25.5. The van der Waals surface area contributed by atoms with Gasteiger partial charge in [0.25, 0.3) is 0 Å². The first kappa shape index (κ1) is 24.1. The van der Waals surface area contributed by atoms with Crippen molar-refractivity contribution in [2.75, 3.05) is 26.7 Å². The van der Waals surface area contributed by atoms with Crippen LogP contribution in [0.2, 0.25) is 0 Å². The van der Waals surface area contributed by atoms with Crippen LogP contribution in [0.5, 0.6) is 5.75 Å². The van der Waals surface area contributed by atoms with Gasteiger partial charge in [-0.3, -0.25) is 0 Å². The van der Waals surface area contributed by atoms with Crippen LogP contribution < -0.4 is 10.1 Å². The van der Waals surface area contributed by atoms with Gasteiger partial charge in [0.15, 0.2) is 0 Å². The number of piperidine rings is 1. The fourth-order valence-corrected chi connectivity index (χ4v) is 4.31. The summed E-state index contributed by atoms with van der Waals surface area (Å²) in [6.07, 6.45) is 3.29. The SMILES string of the molecule is CC(C)COc1ccc(CNC(=O)N(Cc2ccc(F)c3ccoc23)C2CCN(C)CC2)cc1. The molecule has 0 bridgehead atoms. The lowest BCUT2D eigenvalue weighted by molar-refractivity contribution is 0.127. The molecule has 0 unspecified atom stereocenters. The first-order valence-corrected chi connectivity index (χ1v) is 12.0. The predicted molar refractivity (Wildman–Crippen MR) is 131 cm³/mol. The lowest BCUT2D eigenvalue weighted by atomic mass is 10.0. The van der Waals surface area contributed by atoms with Crippen LogP contribution in [0.1, 0.15) is 37.8 Å². The van der Waals surface area contributed by atoms with Crippen molar-refractivity contribution >= 4 is 17.0 Å². The van der Waals surface area contributed by atoms with Crippen LogP contribution in [0.15, 0.2) is 53.1 Å². The van der Waals surface area contributed by atoms with E-state index in [2.05, 4.69) is 31.1 Å². The topological polar surface area (TPSA) is 58.0 Å². The molecule has 34 heavy (non-hydrogen) atoms. The van der Waals surface area contributed by atoms with Crippen molar-refractivity contribution in [3.05, 3.63) is 65.7 Å². The lowest BCUT2D eigenvalue weighted by Gasteiger charge is -2.37. The Morgan fingerprint density at radius 1 is 1.18 bits per heavy atom. The number of carbonyl (C=O) groups is 1. The maximum atomic E-state index is 14.2. The second kappa shape index (κ2) is 10.9. The Labute approximate surface area is 200 Å². The minimum Gasteiger partial charge on any atom is -0.493 e. The number of urea groups is 1. The van der Waals surface area contributed by atoms with Gasteiger partial charge in [-0.25, -0.2) is 9.18 Å². The van der Waals surface area contributed by atoms with Crippen LogP contribution >= 0.6 is 0 Å². The summed E-state index contributed by atoms with van der Waals surface area (Å²) in [5.41, 5.74) is 2.31. The summed E-state index contributed by atoms with van der Waals surface area (Å²) in [6.45, 7) is 7.57. The molecule has 0 atom stereocenters. The first-order valence-electron chi connectivity index (χ1n) is 12.0. The zero-order chi connectivity index (χ0) is 24.1. The van der Waals surface area contributed by atoms with E-state index in [1.54, 1.807) is 12.1 Å². The number of halogens is 1. The van der Waals surface area contributed by atoms with E-state index in [9.17, 15) is 9.18 Å². The Hall–Kier alpha value is -3.06. The standard InChI is InChI=1S/C27H34FN3O3/c1-19(2)18-34-23-7-4-20(5-8-23)16-29-27(32)31(22-10-13-30(3)14-11-22)17-21-6-9-25(28)24-12-15-33-26(21)24/h4-9,12,15,19,22H,10-11,13-14,16-18H2,1-3H3,(H,29,32). The molecule has 0 saturated carbocycles. The molecule has 1 aliphatic rings. The fraction of sp³-hybridized carbons (Fsp3) is 0.444. The van der Waals surface area contributed by atoms with E-state index in [4.69, 9.17) is 9.15 Å². The molecule has 0 spiro atoms. The average Bonchev–Trinajstić information content (AvgIpc) is 3.33. The number of ether oxygens (including phenoxy) is 1. The first-order chi connectivity index (χ1) is 16.4. The van der Waals surface area contributed by atoms with Crippen LogP contribution in [-0.2, 0) is 13.1 Å². The minimum absolute atomic E-state index is 0.109. The van der Waals surface area contributed by atoms with Gasteiger partial charge in [0.2, 0.25) is 0 Å². The van der Waals surface area contributed by atoms with Crippen molar-refractivity contribution in [2.24, 2.45) is 5.92 Å². The van der Waals surface area contributed by atoms with Gasteiger partial charge in [-0.1, -0.05) is 32.0 Å². The van der Waals surface area contributed by atoms with Crippen molar-refractivity contribution in [3.63, 3.8) is 0 Å². The van der Waals surface area contributed by atoms with Gasteiger partial charge in [-0.05, 0) is 68.7 Å². The van der Waals surface area contributed by atoms with Crippen molar-refractivity contribution < 1.29 is 18.3 Å². The summed E-state index contributed by atoms with van der Waals surface area (Å²) in [7, 11) is 2.10. The molecule has 182 valence electrons. The maximum absolute atomic E-state index is 14.2. The molecular weight excluding hydrogens is 433 g/mol. The molecule has 1 N–H and O–H groups in total. The number of hydrogen-bond donors (Lipinski definition) is 1. The summed E-state index contributed by atoms with van der Waals surface area (Å²) in [6, 6.07) is 12.6. The normalized spacial score (nSPS) is 15.1. The second-order valence-corrected chi connectivity index (χ2v) is 9.54. The lowest BCUT2D eigenvalue weighted by Crippen LogP contribution is -2.49. The van der Waals surface area contributed by atoms with E-state index in [-0.39, 0.29) is 17.9 Å². The number of nitrogens with one attached hydrogen (secondary N) is 1. The van der Waals surface area contributed by atoms with E-state index in [1.807, 2.05) is 29.2 Å². The Kier molecular flexibility index (Phi) is 7.73. The maximum Gasteiger partial charge on any atom is 0.318 e. The van der Waals surface area contributed by atoms with Gasteiger partial charge in [-0.15, -0.1) is 0 Å². The molecule has 1 saturated heterocycles. The van der Waals surface area contributed by atoms with Crippen molar-refractivity contribution in [2.45, 2.75) is 45.8 Å². The predicted octanol–water partition coefficient (Wildman–Crippen LogP) is 5.41. The summed E-state index contributed by atoms with van der Waals surface area (Å²) >= 11 is 0. The molecule has 1 aliphatic heterocycles. The average molecular weight is 468 g/mol. The Bertz CT molecular complexity index is 1090. The van der Waals surface area contributed by atoms with Gasteiger partial charge in [-0.2, -0.15) is 0 Å². The van der Waals surface area contributed by atoms with Gasteiger partial charge < -0.3 is 24.3 Å². The van der Waals surface area contributed by atoms with Crippen LogP contribution in [-0.4, -0.2) is 48.6 Å². The number of furan rings is 1. The van der Waals surface area contributed by atoms with E-state index in [1.165, 1.54) is 12.3 Å². The third kappa shape index (κ3) is 5.89. The van der Waals surface area contributed by atoms with Crippen molar-refractivity contribution in [1.82, 2.24) is 15.1 Å². The van der Waals surface area contributed by atoms with Crippen LogP contribution in [0.3, 0.4) is 0 Å². The third-order valence-corrected chi connectivity index (χ3v) is 6.33. The van der Waals surface area contributed by atoms with E-state index in [0.29, 0.717) is 36.6 Å². The minimum atomic E-state index is -0.316. The molecule has 3 aromatic rings. The highest BCUT2D eigenvalue weighted by atomic mass is 19.1. The third-order valence-electron chi connectivity index (χ3n) is 6.33. The Balaban J connectivity index is 1.45. The second-order valence-electron chi connectivity index (χ2n) is 9.54.